The summed E-state index contributed by atoms with van der Waals surface area (Å²) in [6, 6.07) is 12.3. The molecule has 5 heteroatoms. The Labute approximate surface area is 185 Å². The Morgan fingerprint density at radius 3 is 2.10 bits per heavy atom. The van der Waals surface area contributed by atoms with Gasteiger partial charge in [-0.25, -0.2) is 0 Å². The van der Waals surface area contributed by atoms with Crippen LogP contribution in [0.5, 0.6) is 0 Å². The highest BCUT2D eigenvalue weighted by atomic mass is 16.1. The lowest BCUT2D eigenvalue weighted by atomic mass is 9.99. The molecule has 5 nitrogen and oxygen atoms in total. The van der Waals surface area contributed by atoms with Crippen molar-refractivity contribution in [1.29, 1.82) is 0 Å². The van der Waals surface area contributed by atoms with E-state index in [2.05, 4.69) is 53.3 Å². The van der Waals surface area contributed by atoms with E-state index in [1.54, 1.807) is 6.20 Å². The maximum absolute atomic E-state index is 13.1. The van der Waals surface area contributed by atoms with Gasteiger partial charge in [-0.15, -0.1) is 0 Å². The fraction of sp³-hybridized carbons (Fsp3) is 0.308. The number of nitrogens with two attached hydrogens (primary N) is 1. The van der Waals surface area contributed by atoms with Gasteiger partial charge < -0.3 is 16.0 Å². The highest BCUT2D eigenvalue weighted by Crippen LogP contribution is 2.37. The molecular weight excluding hydrogens is 384 g/mol. The van der Waals surface area contributed by atoms with E-state index in [1.807, 2.05) is 39.2 Å². The Balaban J connectivity index is 2.07. The Morgan fingerprint density at radius 1 is 0.935 bits per heavy atom. The van der Waals surface area contributed by atoms with Crippen molar-refractivity contribution in [2.24, 2.45) is 5.73 Å². The van der Waals surface area contributed by atoms with Gasteiger partial charge in [0.25, 0.3) is 5.91 Å². The third-order valence-corrected chi connectivity index (χ3v) is 5.26. The van der Waals surface area contributed by atoms with Crippen LogP contribution in [0.15, 0.2) is 48.8 Å². The number of nitrogens with zero attached hydrogens (tertiary/aromatic N) is 2. The summed E-state index contributed by atoms with van der Waals surface area (Å²) in [6.07, 6.45) is 4.45. The molecule has 0 atom stereocenters. The maximum Gasteiger partial charge on any atom is 0.255 e. The van der Waals surface area contributed by atoms with Crippen LogP contribution in [0.3, 0.4) is 0 Å². The Morgan fingerprint density at radius 2 is 1.52 bits per heavy atom. The normalized spacial score (nSPS) is 10.8. The number of carbonyl (C=O) groups is 1. The highest BCUT2D eigenvalue weighted by molar-refractivity contribution is 6.07. The van der Waals surface area contributed by atoms with E-state index in [0.29, 0.717) is 17.8 Å². The first-order valence-electron chi connectivity index (χ1n) is 10.7. The lowest BCUT2D eigenvalue weighted by Gasteiger charge is -2.25. The molecule has 1 aromatic heterocycles. The van der Waals surface area contributed by atoms with Gasteiger partial charge in [-0.05, 0) is 58.4 Å². The summed E-state index contributed by atoms with van der Waals surface area (Å²) < 4.78 is 0. The van der Waals surface area contributed by atoms with E-state index in [4.69, 9.17) is 5.73 Å². The molecule has 31 heavy (non-hydrogen) atoms. The van der Waals surface area contributed by atoms with Crippen LogP contribution >= 0.6 is 0 Å². The van der Waals surface area contributed by atoms with E-state index in [0.717, 1.165) is 40.9 Å². The zero-order valence-corrected chi connectivity index (χ0v) is 19.1. The molecule has 0 aliphatic carbocycles. The highest BCUT2D eigenvalue weighted by Gasteiger charge is 2.18. The number of amides is 1. The quantitative estimate of drug-likeness (QED) is 0.567. The van der Waals surface area contributed by atoms with Crippen molar-refractivity contribution in [2.75, 3.05) is 30.4 Å². The Hall–Kier alpha value is -3.18. The smallest absolute Gasteiger partial charge is 0.255 e. The minimum atomic E-state index is -0.139. The fourth-order valence-electron chi connectivity index (χ4n) is 4.04. The van der Waals surface area contributed by atoms with Gasteiger partial charge in [0.05, 0.1) is 17.6 Å². The SMILES string of the molecule is Cc1cc(C)cc(C(=O)Nc2cncc(-c3cc(C)cc(C)c3)c2N(C)CCCN)c1. The largest absolute Gasteiger partial charge is 0.372 e. The van der Waals surface area contributed by atoms with Gasteiger partial charge in [0, 0.05) is 30.9 Å². The second-order valence-corrected chi connectivity index (χ2v) is 8.35. The molecule has 0 bridgehead atoms. The number of anilines is 2. The molecule has 3 aromatic rings. The number of aryl methyl sites for hydroxylation is 4. The summed E-state index contributed by atoms with van der Waals surface area (Å²) in [6.45, 7) is 9.57. The standard InChI is InChI=1S/C26H32N4O/c1-17-9-18(2)12-21(11-17)23-15-28-16-24(25(23)30(5)8-6-7-27)29-26(31)22-13-19(3)10-20(4)14-22/h9-16H,6-8,27H2,1-5H3,(H,29,31). The summed E-state index contributed by atoms with van der Waals surface area (Å²) in [5.41, 5.74) is 14.6. The molecule has 0 saturated heterocycles. The molecule has 0 saturated carbocycles. The van der Waals surface area contributed by atoms with Crippen LogP contribution in [-0.2, 0) is 0 Å². The molecule has 1 heterocycles. The number of benzene rings is 2. The minimum Gasteiger partial charge on any atom is -0.372 e. The number of rotatable bonds is 7. The first-order chi connectivity index (χ1) is 14.8. The van der Waals surface area contributed by atoms with Crippen LogP contribution in [0.1, 0.15) is 39.0 Å². The molecule has 0 fully saturated rings. The molecule has 1 amide bonds. The predicted molar refractivity (Wildman–Crippen MR) is 130 cm³/mol. The van der Waals surface area contributed by atoms with Crippen LogP contribution in [0, 0.1) is 27.7 Å². The first-order valence-corrected chi connectivity index (χ1v) is 10.7. The summed E-state index contributed by atoms with van der Waals surface area (Å²) >= 11 is 0. The molecule has 162 valence electrons. The zero-order chi connectivity index (χ0) is 22.5. The molecule has 0 unspecified atom stereocenters. The van der Waals surface area contributed by atoms with Crippen molar-refractivity contribution in [3.8, 4) is 11.1 Å². The molecule has 0 aliphatic rings. The van der Waals surface area contributed by atoms with Gasteiger partial charge >= 0.3 is 0 Å². The van der Waals surface area contributed by atoms with E-state index in [1.165, 1.54) is 11.1 Å². The second-order valence-electron chi connectivity index (χ2n) is 8.35. The van der Waals surface area contributed by atoms with Crippen molar-refractivity contribution in [3.63, 3.8) is 0 Å². The van der Waals surface area contributed by atoms with Crippen LogP contribution < -0.4 is 16.0 Å². The van der Waals surface area contributed by atoms with Gasteiger partial charge in [-0.1, -0.05) is 46.5 Å². The summed E-state index contributed by atoms with van der Waals surface area (Å²) in [4.78, 5) is 19.7. The summed E-state index contributed by atoms with van der Waals surface area (Å²) in [5.74, 6) is -0.139. The van der Waals surface area contributed by atoms with Gasteiger partial charge in [0.1, 0.15) is 0 Å². The number of pyridine rings is 1. The van der Waals surface area contributed by atoms with Crippen molar-refractivity contribution in [2.45, 2.75) is 34.1 Å². The topological polar surface area (TPSA) is 71.2 Å². The first kappa shape index (κ1) is 22.5. The van der Waals surface area contributed by atoms with Crippen molar-refractivity contribution in [3.05, 3.63) is 76.6 Å². The molecule has 0 radical (unpaired) electrons. The maximum atomic E-state index is 13.1. The fourth-order valence-corrected chi connectivity index (χ4v) is 4.04. The Bertz CT molecular complexity index is 1050. The van der Waals surface area contributed by atoms with Gasteiger partial charge in [-0.2, -0.15) is 0 Å². The predicted octanol–water partition coefficient (Wildman–Crippen LogP) is 5.02. The van der Waals surface area contributed by atoms with Crippen LogP contribution in [-0.4, -0.2) is 31.0 Å². The molecule has 2 aromatic carbocycles. The van der Waals surface area contributed by atoms with E-state index < -0.39 is 0 Å². The van der Waals surface area contributed by atoms with Crippen LogP contribution in [0.4, 0.5) is 11.4 Å². The third-order valence-electron chi connectivity index (χ3n) is 5.26. The summed E-state index contributed by atoms with van der Waals surface area (Å²) in [5, 5.41) is 3.10. The Kier molecular flexibility index (Phi) is 7.08. The van der Waals surface area contributed by atoms with E-state index >= 15 is 0 Å². The number of aromatic nitrogens is 1. The van der Waals surface area contributed by atoms with Crippen molar-refractivity contribution >= 4 is 17.3 Å². The van der Waals surface area contributed by atoms with Crippen molar-refractivity contribution in [1.82, 2.24) is 4.98 Å². The van der Waals surface area contributed by atoms with Crippen LogP contribution in [0.25, 0.3) is 11.1 Å². The van der Waals surface area contributed by atoms with Gasteiger partial charge in [0.15, 0.2) is 0 Å². The lowest BCUT2D eigenvalue weighted by Crippen LogP contribution is -2.24. The minimum absolute atomic E-state index is 0.139. The number of hydrogen-bond acceptors (Lipinski definition) is 4. The van der Waals surface area contributed by atoms with Gasteiger partial charge in [-0.3, -0.25) is 9.78 Å². The second kappa shape index (κ2) is 9.75. The number of carbonyl (C=O) groups excluding carboxylic acids is 1. The van der Waals surface area contributed by atoms with Gasteiger partial charge in [0.2, 0.25) is 0 Å². The average Bonchev–Trinajstić information content (AvgIpc) is 2.70. The molecule has 3 N–H and O–H groups in total. The third kappa shape index (κ3) is 5.50. The summed E-state index contributed by atoms with van der Waals surface area (Å²) in [7, 11) is 2.03. The number of nitrogens with one attached hydrogen (secondary N) is 1. The lowest BCUT2D eigenvalue weighted by molar-refractivity contribution is 0.102. The molecule has 0 aliphatic heterocycles. The molecular formula is C26H32N4O. The van der Waals surface area contributed by atoms with Crippen molar-refractivity contribution < 1.29 is 4.79 Å². The number of hydrogen-bond donors (Lipinski definition) is 2. The average molecular weight is 417 g/mol. The monoisotopic (exact) mass is 416 g/mol. The molecule has 3 rings (SSSR count). The van der Waals surface area contributed by atoms with Crippen LogP contribution in [0.2, 0.25) is 0 Å². The zero-order valence-electron chi connectivity index (χ0n) is 19.1. The van der Waals surface area contributed by atoms with E-state index in [-0.39, 0.29) is 5.91 Å². The molecule has 0 spiro atoms. The van der Waals surface area contributed by atoms with E-state index in [9.17, 15) is 4.79 Å².